The van der Waals surface area contributed by atoms with Gasteiger partial charge in [-0.1, -0.05) is 29.3 Å². The summed E-state index contributed by atoms with van der Waals surface area (Å²) in [6.45, 7) is 1.88. The lowest BCUT2D eigenvalue weighted by Crippen LogP contribution is -2.14. The number of nitrogens with one attached hydrogen (secondary N) is 1. The van der Waals surface area contributed by atoms with E-state index in [9.17, 15) is 9.59 Å². The van der Waals surface area contributed by atoms with E-state index in [-0.39, 0.29) is 24.5 Å². The van der Waals surface area contributed by atoms with Crippen molar-refractivity contribution in [1.29, 1.82) is 0 Å². The fourth-order valence-electron chi connectivity index (χ4n) is 2.15. The van der Waals surface area contributed by atoms with Crippen molar-refractivity contribution in [1.82, 2.24) is 0 Å². The van der Waals surface area contributed by atoms with Crippen LogP contribution < -0.4 is 10.1 Å². The Hall–Kier alpha value is -2.04. The quantitative estimate of drug-likeness (QED) is 0.739. The van der Waals surface area contributed by atoms with Gasteiger partial charge in [-0.2, -0.15) is 0 Å². The molecule has 126 valence electrons. The van der Waals surface area contributed by atoms with Crippen molar-refractivity contribution in [2.24, 2.45) is 0 Å². The lowest BCUT2D eigenvalue weighted by Gasteiger charge is -2.09. The van der Waals surface area contributed by atoms with Crippen LogP contribution in [-0.2, 0) is 4.79 Å². The zero-order chi connectivity index (χ0) is 17.7. The van der Waals surface area contributed by atoms with E-state index in [2.05, 4.69) is 5.32 Å². The number of hydrogen-bond donors (Lipinski definition) is 1. The van der Waals surface area contributed by atoms with E-state index in [0.717, 1.165) is 5.56 Å². The van der Waals surface area contributed by atoms with E-state index in [4.69, 9.17) is 27.9 Å². The largest absolute Gasteiger partial charge is 0.496 e. The number of ether oxygens (including phenoxy) is 1. The number of amides is 1. The molecule has 0 aromatic heterocycles. The van der Waals surface area contributed by atoms with Gasteiger partial charge in [0.25, 0.3) is 0 Å². The fourth-order valence-corrected chi connectivity index (χ4v) is 2.51. The molecule has 0 heterocycles. The van der Waals surface area contributed by atoms with Crippen LogP contribution in [0.3, 0.4) is 0 Å². The van der Waals surface area contributed by atoms with Crippen LogP contribution in [0.1, 0.15) is 28.8 Å². The third-order valence-electron chi connectivity index (χ3n) is 3.50. The number of carbonyl (C=O) groups is 2. The van der Waals surface area contributed by atoms with Crippen LogP contribution >= 0.6 is 23.2 Å². The van der Waals surface area contributed by atoms with Gasteiger partial charge in [-0.15, -0.1) is 0 Å². The van der Waals surface area contributed by atoms with Crippen molar-refractivity contribution in [2.75, 3.05) is 12.4 Å². The molecule has 4 nitrogen and oxygen atoms in total. The Kier molecular flexibility index (Phi) is 6.23. The van der Waals surface area contributed by atoms with Gasteiger partial charge in [0.15, 0.2) is 5.78 Å². The Bertz CT molecular complexity index is 775. The van der Waals surface area contributed by atoms with Gasteiger partial charge >= 0.3 is 0 Å². The molecule has 0 spiro atoms. The first-order valence-corrected chi connectivity index (χ1v) is 8.09. The number of methoxy groups -OCH3 is 1. The summed E-state index contributed by atoms with van der Waals surface area (Å²) < 4.78 is 5.15. The summed E-state index contributed by atoms with van der Waals surface area (Å²) in [7, 11) is 1.48. The van der Waals surface area contributed by atoms with E-state index < -0.39 is 0 Å². The molecule has 1 N–H and O–H groups in total. The van der Waals surface area contributed by atoms with Crippen LogP contribution in [-0.4, -0.2) is 18.8 Å². The van der Waals surface area contributed by atoms with Gasteiger partial charge in [-0.25, -0.2) is 0 Å². The second-order valence-corrected chi connectivity index (χ2v) is 6.12. The molecule has 0 aliphatic carbocycles. The van der Waals surface area contributed by atoms with Crippen molar-refractivity contribution < 1.29 is 14.3 Å². The number of halogens is 2. The van der Waals surface area contributed by atoms with E-state index in [0.29, 0.717) is 27.0 Å². The molecule has 2 aromatic carbocycles. The molecule has 6 heteroatoms. The summed E-state index contributed by atoms with van der Waals surface area (Å²) in [4.78, 5) is 24.3. The van der Waals surface area contributed by atoms with Crippen LogP contribution in [0.15, 0.2) is 36.4 Å². The molecule has 0 unspecified atom stereocenters. The highest BCUT2D eigenvalue weighted by atomic mass is 35.5. The van der Waals surface area contributed by atoms with E-state index in [1.165, 1.54) is 7.11 Å². The lowest BCUT2D eigenvalue weighted by atomic mass is 10.1. The van der Waals surface area contributed by atoms with Crippen LogP contribution in [0.25, 0.3) is 0 Å². The van der Waals surface area contributed by atoms with Crippen molar-refractivity contribution in [2.45, 2.75) is 19.8 Å². The smallest absolute Gasteiger partial charge is 0.224 e. The van der Waals surface area contributed by atoms with Crippen LogP contribution in [0.4, 0.5) is 5.69 Å². The minimum Gasteiger partial charge on any atom is -0.496 e. The summed E-state index contributed by atoms with van der Waals surface area (Å²) in [6, 6.07) is 10.1. The monoisotopic (exact) mass is 365 g/mol. The standard InChI is InChI=1S/C18H17Cl2NO3/c1-11-3-5-13(10-15(11)20)21-18(23)8-6-16(22)14-9-12(19)4-7-17(14)24-2/h3-5,7,9-10H,6,8H2,1-2H3,(H,21,23). The van der Waals surface area contributed by atoms with E-state index in [1.54, 1.807) is 30.3 Å². The molecule has 24 heavy (non-hydrogen) atoms. The third kappa shape index (κ3) is 4.73. The number of hydrogen-bond acceptors (Lipinski definition) is 3. The highest BCUT2D eigenvalue weighted by molar-refractivity contribution is 6.31. The minimum atomic E-state index is -0.260. The molecule has 0 radical (unpaired) electrons. The number of carbonyl (C=O) groups excluding carboxylic acids is 2. The van der Waals surface area contributed by atoms with Gasteiger partial charge in [0, 0.05) is 28.6 Å². The number of benzene rings is 2. The normalized spacial score (nSPS) is 10.3. The van der Waals surface area contributed by atoms with Crippen LogP contribution in [0, 0.1) is 6.92 Å². The zero-order valence-corrected chi connectivity index (χ0v) is 14.9. The summed E-state index contributed by atoms with van der Waals surface area (Å²) in [5, 5.41) is 3.74. The minimum absolute atomic E-state index is 0.0556. The lowest BCUT2D eigenvalue weighted by molar-refractivity contribution is -0.116. The maximum absolute atomic E-state index is 12.3. The van der Waals surface area contributed by atoms with Crippen molar-refractivity contribution >= 4 is 40.6 Å². The average Bonchev–Trinajstić information content (AvgIpc) is 2.56. The van der Waals surface area contributed by atoms with Gasteiger partial charge in [-0.05, 0) is 42.8 Å². The summed E-state index contributed by atoms with van der Waals surface area (Å²) >= 11 is 11.9. The van der Waals surface area contributed by atoms with Crippen molar-refractivity contribution in [3.05, 3.63) is 57.6 Å². The molecule has 2 rings (SSSR count). The topological polar surface area (TPSA) is 55.4 Å². The molecular weight excluding hydrogens is 349 g/mol. The highest BCUT2D eigenvalue weighted by Gasteiger charge is 2.15. The molecule has 0 saturated carbocycles. The summed E-state index contributed by atoms with van der Waals surface area (Å²) in [5.41, 5.74) is 1.90. The highest BCUT2D eigenvalue weighted by Crippen LogP contribution is 2.24. The maximum Gasteiger partial charge on any atom is 0.224 e. The number of ketones is 1. The van der Waals surface area contributed by atoms with Crippen molar-refractivity contribution in [3.63, 3.8) is 0 Å². The molecular formula is C18H17Cl2NO3. The predicted molar refractivity (Wildman–Crippen MR) is 96.4 cm³/mol. The number of rotatable bonds is 6. The van der Waals surface area contributed by atoms with Gasteiger partial charge in [0.2, 0.25) is 5.91 Å². The van der Waals surface area contributed by atoms with Crippen LogP contribution in [0.5, 0.6) is 5.75 Å². The van der Waals surface area contributed by atoms with Crippen LogP contribution in [0.2, 0.25) is 10.0 Å². The Balaban J connectivity index is 1.97. The summed E-state index contributed by atoms with van der Waals surface area (Å²) in [5.74, 6) is -0.0224. The fraction of sp³-hybridized carbons (Fsp3) is 0.222. The maximum atomic E-state index is 12.3. The first-order valence-electron chi connectivity index (χ1n) is 7.33. The first-order chi connectivity index (χ1) is 11.4. The Morgan fingerprint density at radius 3 is 2.50 bits per heavy atom. The van der Waals surface area contributed by atoms with Gasteiger partial charge in [0.1, 0.15) is 5.75 Å². The van der Waals surface area contributed by atoms with Gasteiger partial charge < -0.3 is 10.1 Å². The Labute approximate surface area is 150 Å². The Morgan fingerprint density at radius 1 is 1.08 bits per heavy atom. The molecule has 0 fully saturated rings. The number of anilines is 1. The van der Waals surface area contributed by atoms with E-state index in [1.807, 2.05) is 13.0 Å². The predicted octanol–water partition coefficient (Wildman–Crippen LogP) is 4.91. The van der Waals surface area contributed by atoms with Gasteiger partial charge in [0.05, 0.1) is 12.7 Å². The number of aryl methyl sites for hydroxylation is 1. The second-order valence-electron chi connectivity index (χ2n) is 5.28. The second kappa shape index (κ2) is 8.18. The Morgan fingerprint density at radius 2 is 1.83 bits per heavy atom. The third-order valence-corrected chi connectivity index (χ3v) is 4.14. The molecule has 0 aliphatic rings. The first kappa shape index (κ1) is 18.3. The molecule has 0 bridgehead atoms. The number of Topliss-reactive ketones (excluding diaryl/α,β-unsaturated/α-hetero) is 1. The zero-order valence-electron chi connectivity index (χ0n) is 13.4. The van der Waals surface area contributed by atoms with E-state index >= 15 is 0 Å². The van der Waals surface area contributed by atoms with Crippen molar-refractivity contribution in [3.8, 4) is 5.75 Å². The summed E-state index contributed by atoms with van der Waals surface area (Å²) in [6.07, 6.45) is 0.113. The average molecular weight is 366 g/mol. The molecule has 2 aromatic rings. The van der Waals surface area contributed by atoms with Gasteiger partial charge in [-0.3, -0.25) is 9.59 Å². The molecule has 1 amide bonds. The molecule has 0 saturated heterocycles. The molecule has 0 aliphatic heterocycles. The SMILES string of the molecule is COc1ccc(Cl)cc1C(=O)CCC(=O)Nc1ccc(C)c(Cl)c1. The molecule has 0 atom stereocenters.